The highest BCUT2D eigenvalue weighted by Gasteiger charge is 2.44. The third-order valence-electron chi connectivity index (χ3n) is 3.09. The van der Waals surface area contributed by atoms with E-state index in [0.29, 0.717) is 0 Å². The lowest BCUT2D eigenvalue weighted by molar-refractivity contribution is -0.0957. The summed E-state index contributed by atoms with van der Waals surface area (Å²) in [5, 5.41) is 37.4. The van der Waals surface area contributed by atoms with Gasteiger partial charge in [-0.3, -0.25) is 0 Å². The molecule has 2 rings (SSSR count). The molecule has 19 heavy (non-hydrogen) atoms. The van der Waals surface area contributed by atoms with Gasteiger partial charge in [-0.2, -0.15) is 0 Å². The van der Waals surface area contributed by atoms with Crippen molar-refractivity contribution in [3.8, 4) is 0 Å². The van der Waals surface area contributed by atoms with E-state index in [1.54, 1.807) is 12.1 Å². The summed E-state index contributed by atoms with van der Waals surface area (Å²) in [6.07, 6.45) is -4.88. The Morgan fingerprint density at radius 1 is 0.895 bits per heavy atom. The maximum absolute atomic E-state index is 9.69. The van der Waals surface area contributed by atoms with E-state index in [4.69, 9.17) is 19.7 Å². The van der Waals surface area contributed by atoms with Gasteiger partial charge in [0.05, 0.1) is 13.2 Å². The van der Waals surface area contributed by atoms with Crippen LogP contribution in [0.1, 0.15) is 11.9 Å². The van der Waals surface area contributed by atoms with E-state index in [9.17, 15) is 10.2 Å². The molecular formula is C13H18O6. The molecule has 5 atom stereocenters. The van der Waals surface area contributed by atoms with Gasteiger partial charge in [-0.1, -0.05) is 30.3 Å². The minimum atomic E-state index is -1.18. The Hall–Kier alpha value is -1.02. The average Bonchev–Trinajstić information content (AvgIpc) is 2.91. The molecule has 1 aromatic rings. The van der Waals surface area contributed by atoms with Crippen LogP contribution < -0.4 is 0 Å². The van der Waals surface area contributed by atoms with Crippen LogP contribution in [-0.2, 0) is 9.47 Å². The Balaban J connectivity index is 2.15. The van der Waals surface area contributed by atoms with Gasteiger partial charge in [0.15, 0.2) is 6.29 Å². The molecule has 1 fully saturated rings. The average molecular weight is 270 g/mol. The molecule has 0 aliphatic carbocycles. The van der Waals surface area contributed by atoms with Crippen molar-refractivity contribution >= 4 is 0 Å². The maximum atomic E-state index is 9.69. The Morgan fingerprint density at radius 2 is 1.37 bits per heavy atom. The van der Waals surface area contributed by atoms with Crippen molar-refractivity contribution in [3.05, 3.63) is 35.9 Å². The number of aliphatic hydroxyl groups excluding tert-OH is 4. The smallest absolute Gasteiger partial charge is 0.184 e. The summed E-state index contributed by atoms with van der Waals surface area (Å²) in [4.78, 5) is 0. The molecule has 1 aliphatic heterocycles. The topological polar surface area (TPSA) is 99.4 Å². The van der Waals surface area contributed by atoms with E-state index in [2.05, 4.69) is 0 Å². The number of hydrogen-bond donors (Lipinski definition) is 4. The van der Waals surface area contributed by atoms with Crippen molar-refractivity contribution in [2.45, 2.75) is 30.7 Å². The zero-order chi connectivity index (χ0) is 13.8. The van der Waals surface area contributed by atoms with E-state index >= 15 is 0 Å². The summed E-state index contributed by atoms with van der Waals surface area (Å²) in [5.74, 6) is 0. The molecule has 0 saturated carbocycles. The fourth-order valence-electron chi connectivity index (χ4n) is 2.07. The van der Waals surface area contributed by atoms with Gasteiger partial charge in [0.25, 0.3) is 0 Å². The summed E-state index contributed by atoms with van der Waals surface area (Å²) < 4.78 is 11.1. The summed E-state index contributed by atoms with van der Waals surface area (Å²) in [6, 6.07) is 9.06. The van der Waals surface area contributed by atoms with E-state index in [1.165, 1.54) is 0 Å². The SMILES string of the molecule is OC[C@@H](O)[C@H]1OC(c2ccccc2)O[C@@H]1[C@@H](O)CO. The predicted molar refractivity (Wildman–Crippen MR) is 65.1 cm³/mol. The largest absolute Gasteiger partial charge is 0.394 e. The van der Waals surface area contributed by atoms with Crippen molar-refractivity contribution in [2.24, 2.45) is 0 Å². The zero-order valence-corrected chi connectivity index (χ0v) is 10.3. The van der Waals surface area contributed by atoms with Crippen LogP contribution in [0, 0.1) is 0 Å². The summed E-state index contributed by atoms with van der Waals surface area (Å²) in [5.41, 5.74) is 0.741. The third kappa shape index (κ3) is 3.11. The van der Waals surface area contributed by atoms with Gasteiger partial charge in [-0.15, -0.1) is 0 Å². The Morgan fingerprint density at radius 3 is 1.79 bits per heavy atom. The fourth-order valence-corrected chi connectivity index (χ4v) is 2.07. The Labute approximate surface area is 110 Å². The molecule has 6 nitrogen and oxygen atoms in total. The van der Waals surface area contributed by atoms with Gasteiger partial charge in [0, 0.05) is 5.56 Å². The normalized spacial score (nSPS) is 30.2. The summed E-state index contributed by atoms with van der Waals surface area (Å²) in [7, 11) is 0. The molecule has 0 spiro atoms. The van der Waals surface area contributed by atoms with Crippen LogP contribution in [0.4, 0.5) is 0 Å². The molecule has 6 heteroatoms. The van der Waals surface area contributed by atoms with E-state index in [-0.39, 0.29) is 0 Å². The number of ether oxygens (including phenoxy) is 2. The lowest BCUT2D eigenvalue weighted by Gasteiger charge is -2.23. The first-order chi connectivity index (χ1) is 9.17. The molecule has 1 aliphatic rings. The third-order valence-corrected chi connectivity index (χ3v) is 3.09. The van der Waals surface area contributed by atoms with Crippen LogP contribution in [-0.4, -0.2) is 58.1 Å². The first-order valence-corrected chi connectivity index (χ1v) is 6.11. The van der Waals surface area contributed by atoms with Crippen molar-refractivity contribution in [2.75, 3.05) is 13.2 Å². The molecule has 0 bridgehead atoms. The number of hydrogen-bond acceptors (Lipinski definition) is 6. The maximum Gasteiger partial charge on any atom is 0.184 e. The minimum absolute atomic E-state index is 0.510. The molecule has 1 heterocycles. The van der Waals surface area contributed by atoms with Crippen LogP contribution in [0.2, 0.25) is 0 Å². The summed E-state index contributed by atoms with van der Waals surface area (Å²) in [6.45, 7) is -1.02. The molecular weight excluding hydrogens is 252 g/mol. The molecule has 1 saturated heterocycles. The lowest BCUT2D eigenvalue weighted by Crippen LogP contribution is -2.45. The standard InChI is InChI=1S/C13H18O6/c14-6-9(16)11-12(10(17)7-15)19-13(18-11)8-4-2-1-3-5-8/h1-5,9-17H,6-7H2/t9-,10+,11-,12-,13?/m1/s1. The molecule has 4 N–H and O–H groups in total. The Kier molecular flexibility index (Phi) is 4.87. The second-order valence-electron chi connectivity index (χ2n) is 4.44. The highest BCUT2D eigenvalue weighted by Crippen LogP contribution is 2.34. The van der Waals surface area contributed by atoms with Gasteiger partial charge in [0.1, 0.15) is 24.4 Å². The molecule has 0 amide bonds. The van der Waals surface area contributed by atoms with Gasteiger partial charge in [-0.25, -0.2) is 0 Å². The van der Waals surface area contributed by atoms with Gasteiger partial charge < -0.3 is 29.9 Å². The first-order valence-electron chi connectivity index (χ1n) is 6.11. The van der Waals surface area contributed by atoms with Crippen LogP contribution in [0.25, 0.3) is 0 Å². The highest BCUT2D eigenvalue weighted by molar-refractivity contribution is 5.17. The summed E-state index contributed by atoms with van der Waals surface area (Å²) >= 11 is 0. The van der Waals surface area contributed by atoms with Crippen molar-refractivity contribution < 1.29 is 29.9 Å². The second-order valence-corrected chi connectivity index (χ2v) is 4.44. The predicted octanol–water partition coefficient (Wildman–Crippen LogP) is -0.824. The number of benzene rings is 1. The van der Waals surface area contributed by atoms with Crippen LogP contribution in [0.15, 0.2) is 30.3 Å². The molecule has 1 aromatic carbocycles. The quantitative estimate of drug-likeness (QED) is 0.558. The van der Waals surface area contributed by atoms with Crippen LogP contribution >= 0.6 is 0 Å². The van der Waals surface area contributed by atoms with E-state index in [0.717, 1.165) is 5.56 Å². The monoisotopic (exact) mass is 270 g/mol. The first kappa shape index (κ1) is 14.4. The van der Waals surface area contributed by atoms with Crippen LogP contribution in [0.5, 0.6) is 0 Å². The van der Waals surface area contributed by atoms with E-state index in [1.807, 2.05) is 18.2 Å². The lowest BCUT2D eigenvalue weighted by atomic mass is 10.0. The number of aliphatic hydroxyl groups is 4. The Bertz CT molecular complexity index is 366. The van der Waals surface area contributed by atoms with Crippen molar-refractivity contribution in [1.82, 2.24) is 0 Å². The minimum Gasteiger partial charge on any atom is -0.394 e. The fraction of sp³-hybridized carbons (Fsp3) is 0.538. The van der Waals surface area contributed by atoms with Gasteiger partial charge in [0.2, 0.25) is 0 Å². The molecule has 1 unspecified atom stereocenters. The molecule has 0 radical (unpaired) electrons. The number of rotatable bonds is 5. The van der Waals surface area contributed by atoms with Crippen molar-refractivity contribution in [3.63, 3.8) is 0 Å². The molecule has 106 valence electrons. The van der Waals surface area contributed by atoms with E-state index < -0.39 is 43.9 Å². The van der Waals surface area contributed by atoms with Gasteiger partial charge in [-0.05, 0) is 0 Å². The zero-order valence-electron chi connectivity index (χ0n) is 10.3. The highest BCUT2D eigenvalue weighted by atomic mass is 16.7. The second kappa shape index (κ2) is 6.42. The van der Waals surface area contributed by atoms with Gasteiger partial charge >= 0.3 is 0 Å². The van der Waals surface area contributed by atoms with Crippen LogP contribution in [0.3, 0.4) is 0 Å². The molecule has 0 aromatic heterocycles. The van der Waals surface area contributed by atoms with Crippen molar-refractivity contribution in [1.29, 1.82) is 0 Å².